The van der Waals surface area contributed by atoms with Gasteiger partial charge in [0.2, 0.25) is 0 Å². The number of halogens is 2. The van der Waals surface area contributed by atoms with Crippen molar-refractivity contribution >= 4 is 23.3 Å². The first kappa shape index (κ1) is 12.2. The number of anilines is 1. The minimum atomic E-state index is -0.584. The molecule has 0 atom stereocenters. The van der Waals surface area contributed by atoms with Crippen molar-refractivity contribution in [1.29, 1.82) is 0 Å². The van der Waals surface area contributed by atoms with Gasteiger partial charge in [-0.2, -0.15) is 0 Å². The lowest BCUT2D eigenvalue weighted by molar-refractivity contribution is 0.200. The number of carbonyl (C=O) groups is 1. The van der Waals surface area contributed by atoms with Crippen LogP contribution in [0.4, 0.5) is 14.9 Å². The maximum atomic E-state index is 13.6. The summed E-state index contributed by atoms with van der Waals surface area (Å²) in [4.78, 5) is 13.5. The summed E-state index contributed by atoms with van der Waals surface area (Å²) >= 11 is 5.64. The van der Waals surface area contributed by atoms with Crippen LogP contribution in [0.25, 0.3) is 0 Å². The molecule has 1 N–H and O–H groups in total. The molecule has 5 heteroatoms. The van der Waals surface area contributed by atoms with Gasteiger partial charge in [-0.25, -0.2) is 9.18 Å². The molecule has 1 aliphatic heterocycles. The van der Waals surface area contributed by atoms with Crippen LogP contribution in [0.3, 0.4) is 0 Å². The predicted molar refractivity (Wildman–Crippen MR) is 65.9 cm³/mol. The molecule has 2 amide bonds. The van der Waals surface area contributed by atoms with E-state index in [1.165, 1.54) is 12.1 Å². The van der Waals surface area contributed by atoms with Crippen LogP contribution < -0.4 is 5.32 Å². The van der Waals surface area contributed by atoms with Crippen LogP contribution >= 0.6 is 11.6 Å². The van der Waals surface area contributed by atoms with Gasteiger partial charge in [0, 0.05) is 13.1 Å². The maximum Gasteiger partial charge on any atom is 0.321 e. The SMILES string of the molecule is O=C(Nc1cccc(Cl)c1F)N1CCCCC1. The van der Waals surface area contributed by atoms with Gasteiger partial charge in [-0.1, -0.05) is 17.7 Å². The lowest BCUT2D eigenvalue weighted by atomic mass is 10.1. The standard InChI is InChI=1S/C12H14ClFN2O/c13-9-5-4-6-10(11(9)14)15-12(17)16-7-2-1-3-8-16/h4-6H,1-3,7-8H2,(H,15,17). The molecule has 1 heterocycles. The Morgan fingerprint density at radius 2 is 2.00 bits per heavy atom. The van der Waals surface area contributed by atoms with E-state index < -0.39 is 5.82 Å². The van der Waals surface area contributed by atoms with Gasteiger partial charge in [-0.15, -0.1) is 0 Å². The minimum Gasteiger partial charge on any atom is -0.325 e. The average molecular weight is 257 g/mol. The van der Waals surface area contributed by atoms with Crippen LogP contribution in [-0.4, -0.2) is 24.0 Å². The van der Waals surface area contributed by atoms with Crippen molar-refractivity contribution in [3.05, 3.63) is 29.0 Å². The zero-order chi connectivity index (χ0) is 12.3. The number of likely N-dealkylation sites (tertiary alicyclic amines) is 1. The summed E-state index contributed by atoms with van der Waals surface area (Å²) in [6.45, 7) is 1.46. The summed E-state index contributed by atoms with van der Waals surface area (Å²) in [5, 5.41) is 2.56. The van der Waals surface area contributed by atoms with Gasteiger partial charge in [0.25, 0.3) is 0 Å². The summed E-state index contributed by atoms with van der Waals surface area (Å²) in [5.74, 6) is -0.584. The molecule has 1 aliphatic rings. The summed E-state index contributed by atoms with van der Waals surface area (Å²) in [6, 6.07) is 4.30. The van der Waals surface area contributed by atoms with Gasteiger partial charge < -0.3 is 10.2 Å². The quantitative estimate of drug-likeness (QED) is 0.820. The number of urea groups is 1. The van der Waals surface area contributed by atoms with Crippen molar-refractivity contribution in [3.8, 4) is 0 Å². The molecule has 0 unspecified atom stereocenters. The van der Waals surface area contributed by atoms with Crippen LogP contribution in [0.1, 0.15) is 19.3 Å². The smallest absolute Gasteiger partial charge is 0.321 e. The molecule has 0 saturated carbocycles. The van der Waals surface area contributed by atoms with Gasteiger partial charge in [-0.05, 0) is 31.4 Å². The monoisotopic (exact) mass is 256 g/mol. The van der Waals surface area contributed by atoms with Gasteiger partial charge in [0.15, 0.2) is 5.82 Å². The number of hydrogen-bond acceptors (Lipinski definition) is 1. The number of hydrogen-bond donors (Lipinski definition) is 1. The largest absolute Gasteiger partial charge is 0.325 e. The molecular weight excluding hydrogens is 243 g/mol. The van der Waals surface area contributed by atoms with Crippen LogP contribution in [0, 0.1) is 5.82 Å². The second-order valence-electron chi connectivity index (χ2n) is 4.08. The van der Waals surface area contributed by atoms with E-state index in [2.05, 4.69) is 5.32 Å². The van der Waals surface area contributed by atoms with Crippen molar-refractivity contribution in [3.63, 3.8) is 0 Å². The Kier molecular flexibility index (Phi) is 3.84. The lowest BCUT2D eigenvalue weighted by Gasteiger charge is -2.26. The Labute approximate surface area is 105 Å². The zero-order valence-corrected chi connectivity index (χ0v) is 10.1. The molecular formula is C12H14ClFN2O. The highest BCUT2D eigenvalue weighted by molar-refractivity contribution is 6.31. The van der Waals surface area contributed by atoms with E-state index in [0.29, 0.717) is 0 Å². The van der Waals surface area contributed by atoms with E-state index in [4.69, 9.17) is 11.6 Å². The molecule has 0 radical (unpaired) electrons. The Morgan fingerprint density at radius 1 is 1.29 bits per heavy atom. The highest BCUT2D eigenvalue weighted by Crippen LogP contribution is 2.22. The van der Waals surface area contributed by atoms with E-state index >= 15 is 0 Å². The van der Waals surface area contributed by atoms with E-state index in [0.717, 1.165) is 32.4 Å². The molecule has 92 valence electrons. The fourth-order valence-electron chi connectivity index (χ4n) is 1.89. The van der Waals surface area contributed by atoms with Crippen molar-refractivity contribution in [1.82, 2.24) is 4.90 Å². The molecule has 1 saturated heterocycles. The topological polar surface area (TPSA) is 32.3 Å². The molecule has 0 bridgehead atoms. The Balaban J connectivity index is 2.04. The van der Waals surface area contributed by atoms with Gasteiger partial charge in [0.1, 0.15) is 0 Å². The number of carbonyl (C=O) groups excluding carboxylic acids is 1. The first-order valence-corrected chi connectivity index (χ1v) is 6.06. The third-order valence-corrected chi connectivity index (χ3v) is 3.13. The fourth-order valence-corrected chi connectivity index (χ4v) is 2.07. The Morgan fingerprint density at radius 3 is 2.71 bits per heavy atom. The first-order chi connectivity index (χ1) is 8.18. The lowest BCUT2D eigenvalue weighted by Crippen LogP contribution is -2.38. The number of rotatable bonds is 1. The summed E-state index contributed by atoms with van der Waals surface area (Å²) < 4.78 is 13.6. The van der Waals surface area contributed by atoms with E-state index in [1.807, 2.05) is 0 Å². The van der Waals surface area contributed by atoms with Gasteiger partial charge in [-0.3, -0.25) is 0 Å². The van der Waals surface area contributed by atoms with Gasteiger partial charge in [0.05, 0.1) is 10.7 Å². The Bertz CT molecular complexity index is 419. The molecule has 1 aromatic rings. The molecule has 1 aromatic carbocycles. The molecule has 0 spiro atoms. The second-order valence-corrected chi connectivity index (χ2v) is 4.49. The molecule has 2 rings (SSSR count). The summed E-state index contributed by atoms with van der Waals surface area (Å²) in [6.07, 6.45) is 3.16. The van der Waals surface area contributed by atoms with Crippen LogP contribution in [0.2, 0.25) is 5.02 Å². The molecule has 3 nitrogen and oxygen atoms in total. The van der Waals surface area contributed by atoms with E-state index in [-0.39, 0.29) is 16.7 Å². The number of piperidine rings is 1. The fraction of sp³-hybridized carbons (Fsp3) is 0.417. The van der Waals surface area contributed by atoms with Crippen molar-refractivity contribution < 1.29 is 9.18 Å². The van der Waals surface area contributed by atoms with E-state index in [9.17, 15) is 9.18 Å². The third-order valence-electron chi connectivity index (χ3n) is 2.84. The number of amides is 2. The molecule has 17 heavy (non-hydrogen) atoms. The highest BCUT2D eigenvalue weighted by Gasteiger charge is 2.17. The molecule has 0 aromatic heterocycles. The summed E-state index contributed by atoms with van der Waals surface area (Å²) in [7, 11) is 0. The maximum absolute atomic E-state index is 13.6. The first-order valence-electron chi connectivity index (χ1n) is 5.68. The number of nitrogens with zero attached hydrogens (tertiary/aromatic N) is 1. The van der Waals surface area contributed by atoms with Crippen LogP contribution in [0.15, 0.2) is 18.2 Å². The van der Waals surface area contributed by atoms with Crippen molar-refractivity contribution in [2.45, 2.75) is 19.3 Å². The second kappa shape index (κ2) is 5.36. The van der Waals surface area contributed by atoms with Gasteiger partial charge >= 0.3 is 6.03 Å². The number of nitrogens with one attached hydrogen (secondary N) is 1. The average Bonchev–Trinajstić information content (AvgIpc) is 2.36. The summed E-state index contributed by atoms with van der Waals surface area (Å²) in [5.41, 5.74) is 0.132. The van der Waals surface area contributed by atoms with E-state index in [1.54, 1.807) is 11.0 Å². The highest BCUT2D eigenvalue weighted by atomic mass is 35.5. The zero-order valence-electron chi connectivity index (χ0n) is 9.38. The normalized spacial score (nSPS) is 15.8. The Hall–Kier alpha value is -1.29. The minimum absolute atomic E-state index is 0.0152. The van der Waals surface area contributed by atoms with Crippen LogP contribution in [-0.2, 0) is 0 Å². The molecule has 1 fully saturated rings. The number of benzene rings is 1. The van der Waals surface area contributed by atoms with Crippen LogP contribution in [0.5, 0.6) is 0 Å². The van der Waals surface area contributed by atoms with Crippen molar-refractivity contribution in [2.24, 2.45) is 0 Å². The third kappa shape index (κ3) is 2.88. The van der Waals surface area contributed by atoms with Crippen molar-refractivity contribution in [2.75, 3.05) is 18.4 Å². The predicted octanol–water partition coefficient (Wildman–Crippen LogP) is 3.50. The molecule has 0 aliphatic carbocycles.